The molecular weight excluding hydrogens is 489 g/mol. The number of aryl methyl sites for hydroxylation is 2. The number of hydrogen-bond acceptors (Lipinski definition) is 7. The van der Waals surface area contributed by atoms with Crippen molar-refractivity contribution in [1.82, 2.24) is 10.3 Å². The third-order valence-corrected chi connectivity index (χ3v) is 7.81. The Kier molecular flexibility index (Phi) is 10.3. The average molecular weight is 528 g/mol. The predicted octanol–water partition coefficient (Wildman–Crippen LogP) is 2.14. The lowest BCUT2D eigenvalue weighted by molar-refractivity contribution is -0.143. The van der Waals surface area contributed by atoms with Crippen LogP contribution in [0.1, 0.15) is 56.7 Å². The van der Waals surface area contributed by atoms with Crippen molar-refractivity contribution >= 4 is 29.3 Å². The average Bonchev–Trinajstić information content (AvgIpc) is 2.83. The second-order valence-electron chi connectivity index (χ2n) is 10.2. The van der Waals surface area contributed by atoms with Crippen molar-refractivity contribution in [2.45, 2.75) is 87.5 Å². The van der Waals surface area contributed by atoms with Gasteiger partial charge in [-0.1, -0.05) is 6.07 Å². The number of nitrogens with one attached hydrogen (secondary N) is 2. The van der Waals surface area contributed by atoms with E-state index >= 15 is 0 Å². The van der Waals surface area contributed by atoms with Gasteiger partial charge in [-0.25, -0.2) is 14.2 Å². The molecule has 0 bridgehead atoms. The van der Waals surface area contributed by atoms with Crippen LogP contribution in [0.15, 0.2) is 12.1 Å². The zero-order chi connectivity index (χ0) is 26.3. The van der Waals surface area contributed by atoms with Gasteiger partial charge in [-0.05, 0) is 69.4 Å². The smallest absolute Gasteiger partial charge is 0.326 e. The lowest BCUT2D eigenvalue weighted by atomic mass is 9.79. The number of nitrogens with two attached hydrogens (primary N) is 2. The SMILES string of the molecule is C[C@@](N)(C(=O)N[C@@H](CCOC1CC(CCc2ccc3c(n2)NCCC3)C1)C(=O)O)C(Cl)CC(F)CN. The van der Waals surface area contributed by atoms with Crippen molar-refractivity contribution in [3.63, 3.8) is 0 Å². The standard InChI is InChI=1S/C25H39ClFN5O4/c1-25(29,21(26)13-17(27)14-28)24(35)32-20(23(33)34)8-10-36-19-11-15(12-19)4-6-18-7-5-16-3-2-9-30-22(16)31-18/h5,7,15,17,19-21H,2-4,6,8-14,28-29H2,1H3,(H,30,31)(H,32,35)(H,33,34)/t15?,17?,19?,20-,21?,25-/m0/s1. The molecular formula is C25H39ClFN5O4. The van der Waals surface area contributed by atoms with Crippen LogP contribution in [0.4, 0.5) is 10.2 Å². The van der Waals surface area contributed by atoms with Crippen LogP contribution in [0.2, 0.25) is 0 Å². The van der Waals surface area contributed by atoms with Crippen LogP contribution in [0.3, 0.4) is 0 Å². The molecule has 1 aliphatic heterocycles. The first-order chi connectivity index (χ1) is 17.1. The van der Waals surface area contributed by atoms with Crippen LogP contribution in [0.25, 0.3) is 0 Å². The molecule has 36 heavy (non-hydrogen) atoms. The Hall–Kier alpha value is -2.01. The number of carbonyl (C=O) groups is 2. The second kappa shape index (κ2) is 13.0. The molecule has 1 aromatic heterocycles. The molecule has 2 heterocycles. The molecule has 2 unspecified atom stereocenters. The lowest BCUT2D eigenvalue weighted by Crippen LogP contribution is -2.61. The number of carboxylic acid groups (broad SMARTS) is 1. The van der Waals surface area contributed by atoms with Gasteiger partial charge in [0, 0.05) is 31.8 Å². The number of pyridine rings is 1. The number of ether oxygens (including phenoxy) is 1. The van der Waals surface area contributed by atoms with E-state index in [4.69, 9.17) is 32.8 Å². The van der Waals surface area contributed by atoms with Crippen LogP contribution >= 0.6 is 11.6 Å². The Morgan fingerprint density at radius 1 is 1.42 bits per heavy atom. The highest BCUT2D eigenvalue weighted by Gasteiger charge is 2.39. The summed E-state index contributed by atoms with van der Waals surface area (Å²) in [6.07, 6.45) is 4.61. The Labute approximate surface area is 216 Å². The van der Waals surface area contributed by atoms with Crippen LogP contribution in [-0.4, -0.2) is 70.9 Å². The maximum atomic E-state index is 13.6. The van der Waals surface area contributed by atoms with Gasteiger partial charge in [-0.3, -0.25) is 4.79 Å². The number of hydrogen-bond donors (Lipinski definition) is 5. The Morgan fingerprint density at radius 2 is 2.17 bits per heavy atom. The van der Waals surface area contributed by atoms with Gasteiger partial charge in [0.25, 0.3) is 0 Å². The quantitative estimate of drug-likeness (QED) is 0.231. The van der Waals surface area contributed by atoms with E-state index in [-0.39, 0.29) is 32.1 Å². The molecule has 4 atom stereocenters. The molecule has 9 nitrogen and oxygen atoms in total. The topological polar surface area (TPSA) is 153 Å². The summed E-state index contributed by atoms with van der Waals surface area (Å²) in [7, 11) is 0. The zero-order valence-electron chi connectivity index (χ0n) is 20.8. The minimum absolute atomic E-state index is 0.0862. The molecule has 1 aliphatic carbocycles. The van der Waals surface area contributed by atoms with Crippen LogP contribution in [-0.2, 0) is 27.2 Å². The molecule has 1 aromatic rings. The molecule has 11 heteroatoms. The van der Waals surface area contributed by atoms with E-state index in [2.05, 4.69) is 22.8 Å². The fourth-order valence-corrected chi connectivity index (χ4v) is 4.83. The number of aromatic nitrogens is 1. The fourth-order valence-electron chi connectivity index (χ4n) is 4.54. The van der Waals surface area contributed by atoms with Crippen molar-refractivity contribution in [2.75, 3.05) is 25.0 Å². The molecule has 7 N–H and O–H groups in total. The van der Waals surface area contributed by atoms with Gasteiger partial charge in [0.05, 0.1) is 11.5 Å². The molecule has 0 spiro atoms. The van der Waals surface area contributed by atoms with Gasteiger partial charge in [0.1, 0.15) is 23.6 Å². The first-order valence-electron chi connectivity index (χ1n) is 12.7. The Balaban J connectivity index is 1.35. The molecule has 1 saturated carbocycles. The summed E-state index contributed by atoms with van der Waals surface area (Å²) in [6, 6.07) is 3.11. The van der Waals surface area contributed by atoms with Crippen molar-refractivity contribution in [2.24, 2.45) is 17.4 Å². The number of alkyl halides is 2. The molecule has 0 radical (unpaired) electrons. The maximum absolute atomic E-state index is 13.6. The van der Waals surface area contributed by atoms with Crippen molar-refractivity contribution < 1.29 is 23.8 Å². The van der Waals surface area contributed by atoms with E-state index in [0.717, 1.165) is 56.6 Å². The summed E-state index contributed by atoms with van der Waals surface area (Å²) in [5, 5.41) is 14.3. The predicted molar refractivity (Wildman–Crippen MR) is 137 cm³/mol. The normalized spacial score (nSPS) is 23.2. The Bertz CT molecular complexity index is 899. The van der Waals surface area contributed by atoms with Crippen molar-refractivity contribution in [3.05, 3.63) is 23.4 Å². The minimum Gasteiger partial charge on any atom is -0.480 e. The van der Waals surface area contributed by atoms with Gasteiger partial charge in [0.15, 0.2) is 0 Å². The zero-order valence-corrected chi connectivity index (χ0v) is 21.6. The van der Waals surface area contributed by atoms with E-state index < -0.39 is 35.0 Å². The number of nitrogens with zero attached hydrogens (tertiary/aromatic N) is 1. The van der Waals surface area contributed by atoms with Gasteiger partial charge in [-0.15, -0.1) is 11.6 Å². The maximum Gasteiger partial charge on any atom is 0.326 e. The molecule has 202 valence electrons. The second-order valence-corrected chi connectivity index (χ2v) is 10.7. The van der Waals surface area contributed by atoms with E-state index in [1.807, 2.05) is 0 Å². The van der Waals surface area contributed by atoms with Gasteiger partial charge < -0.3 is 31.9 Å². The number of fused-ring (bicyclic) bond motifs is 1. The lowest BCUT2D eigenvalue weighted by Gasteiger charge is -2.35. The number of amides is 1. The number of anilines is 1. The highest BCUT2D eigenvalue weighted by molar-refractivity contribution is 6.23. The number of rotatable bonds is 14. The summed E-state index contributed by atoms with van der Waals surface area (Å²) in [4.78, 5) is 29.0. The number of halogens is 2. The summed E-state index contributed by atoms with van der Waals surface area (Å²) < 4.78 is 19.4. The van der Waals surface area contributed by atoms with Gasteiger partial charge in [-0.2, -0.15) is 0 Å². The largest absolute Gasteiger partial charge is 0.480 e. The summed E-state index contributed by atoms with van der Waals surface area (Å²) in [6.45, 7) is 2.28. The molecule has 0 aromatic carbocycles. The molecule has 1 amide bonds. The molecule has 3 rings (SSSR count). The fraction of sp³-hybridized carbons (Fsp3) is 0.720. The monoisotopic (exact) mass is 527 g/mol. The molecule has 2 aliphatic rings. The van der Waals surface area contributed by atoms with Crippen LogP contribution < -0.4 is 22.1 Å². The summed E-state index contributed by atoms with van der Waals surface area (Å²) in [5.74, 6) is -0.374. The van der Waals surface area contributed by atoms with Crippen molar-refractivity contribution in [1.29, 1.82) is 0 Å². The van der Waals surface area contributed by atoms with Crippen LogP contribution in [0.5, 0.6) is 0 Å². The first kappa shape index (κ1) is 28.6. The third-order valence-electron chi connectivity index (χ3n) is 7.17. The first-order valence-corrected chi connectivity index (χ1v) is 13.2. The summed E-state index contributed by atoms with van der Waals surface area (Å²) in [5.41, 5.74) is 12.0. The highest BCUT2D eigenvalue weighted by atomic mass is 35.5. The number of carboxylic acids is 1. The minimum atomic E-state index is -1.65. The van der Waals surface area contributed by atoms with E-state index in [1.165, 1.54) is 12.5 Å². The highest BCUT2D eigenvalue weighted by Crippen LogP contribution is 2.34. The van der Waals surface area contributed by atoms with Gasteiger partial charge >= 0.3 is 5.97 Å². The molecule has 0 saturated heterocycles. The number of aliphatic carboxylic acids is 1. The van der Waals surface area contributed by atoms with E-state index in [1.54, 1.807) is 0 Å². The Morgan fingerprint density at radius 3 is 2.86 bits per heavy atom. The van der Waals surface area contributed by atoms with Crippen molar-refractivity contribution in [3.8, 4) is 0 Å². The van der Waals surface area contributed by atoms with E-state index in [0.29, 0.717) is 5.92 Å². The van der Waals surface area contributed by atoms with Gasteiger partial charge in [0.2, 0.25) is 5.91 Å². The molecule has 1 fully saturated rings. The summed E-state index contributed by atoms with van der Waals surface area (Å²) >= 11 is 6.13. The van der Waals surface area contributed by atoms with E-state index in [9.17, 15) is 19.1 Å². The number of carbonyl (C=O) groups excluding carboxylic acids is 1. The van der Waals surface area contributed by atoms with Crippen LogP contribution in [0, 0.1) is 5.92 Å². The third kappa shape index (κ3) is 7.74.